The molecule has 0 fully saturated rings. The monoisotopic (exact) mass is 429 g/mol. The summed E-state index contributed by atoms with van der Waals surface area (Å²) in [6.07, 6.45) is 5.11. The molecule has 3 aromatic carbocycles. The second-order valence-electron chi connectivity index (χ2n) is 6.32. The van der Waals surface area contributed by atoms with Crippen molar-refractivity contribution in [2.45, 2.75) is 9.79 Å². The van der Waals surface area contributed by atoms with E-state index in [4.69, 9.17) is 0 Å². The normalized spacial score (nSPS) is 10.9. The van der Waals surface area contributed by atoms with Gasteiger partial charge in [0.05, 0.1) is 10.5 Å². The maximum atomic E-state index is 12.5. The fourth-order valence-corrected chi connectivity index (χ4v) is 4.92. The Morgan fingerprint density at radius 3 is 2.10 bits per heavy atom. The van der Waals surface area contributed by atoms with Crippen LogP contribution in [-0.4, -0.2) is 17.1 Å². The van der Waals surface area contributed by atoms with Gasteiger partial charge >= 0.3 is 0 Å². The number of nitrogens with zero attached hydrogens (tertiary/aromatic N) is 1. The number of H-pyrrole nitrogens is 1. The summed E-state index contributed by atoms with van der Waals surface area (Å²) in [5.74, 6) is -0.270. The van der Waals surface area contributed by atoms with E-state index in [1.54, 1.807) is 35.8 Å². The molecule has 0 saturated carbocycles. The van der Waals surface area contributed by atoms with Crippen LogP contribution in [0.5, 0.6) is 0 Å². The Bertz CT molecular complexity index is 1140. The van der Waals surface area contributed by atoms with Gasteiger partial charge in [0.2, 0.25) is 0 Å². The van der Waals surface area contributed by atoms with E-state index in [2.05, 4.69) is 15.5 Å². The van der Waals surface area contributed by atoms with Crippen LogP contribution in [0.1, 0.15) is 5.56 Å². The number of fused-ring (bicyclic) bond motifs is 1. The molecule has 0 aliphatic rings. The van der Waals surface area contributed by atoms with Crippen LogP contribution in [0.3, 0.4) is 0 Å². The van der Waals surface area contributed by atoms with Crippen molar-refractivity contribution in [1.29, 1.82) is 0 Å². The zero-order chi connectivity index (χ0) is 20.6. The summed E-state index contributed by atoms with van der Waals surface area (Å²) in [4.78, 5) is 17.8. The van der Waals surface area contributed by atoms with E-state index in [9.17, 15) is 4.79 Å². The van der Waals surface area contributed by atoms with Gasteiger partial charge in [0, 0.05) is 38.5 Å². The Morgan fingerprint density at radius 1 is 0.833 bits per heavy atom. The van der Waals surface area contributed by atoms with Crippen LogP contribution in [0.25, 0.3) is 10.9 Å². The van der Waals surface area contributed by atoms with Crippen molar-refractivity contribution < 1.29 is 4.79 Å². The van der Waals surface area contributed by atoms with Crippen molar-refractivity contribution >= 4 is 46.5 Å². The van der Waals surface area contributed by atoms with Crippen LogP contribution in [-0.2, 0) is 4.79 Å². The second-order valence-corrected chi connectivity index (χ2v) is 8.81. The van der Waals surface area contributed by atoms with Gasteiger partial charge in [-0.3, -0.25) is 4.79 Å². The fourth-order valence-electron chi connectivity index (χ4n) is 2.79. The van der Waals surface area contributed by atoms with Crippen LogP contribution in [0.4, 0.5) is 0 Å². The van der Waals surface area contributed by atoms with Gasteiger partial charge in [-0.05, 0) is 30.3 Å². The van der Waals surface area contributed by atoms with Gasteiger partial charge in [0.25, 0.3) is 5.91 Å². The number of aromatic amines is 1. The van der Waals surface area contributed by atoms with Crippen LogP contribution >= 0.6 is 23.5 Å². The number of nitrogens with one attached hydrogen (secondary N) is 2. The van der Waals surface area contributed by atoms with Gasteiger partial charge in [0.1, 0.15) is 0 Å². The molecule has 0 spiro atoms. The van der Waals surface area contributed by atoms with E-state index in [0.717, 1.165) is 30.5 Å². The Kier molecular flexibility index (Phi) is 6.69. The van der Waals surface area contributed by atoms with Crippen LogP contribution < -0.4 is 5.43 Å². The molecule has 0 atom stereocenters. The molecule has 1 aromatic heterocycles. The predicted octanol–water partition coefficient (Wildman–Crippen LogP) is 6.04. The predicted molar refractivity (Wildman–Crippen MR) is 127 cm³/mol. The lowest BCUT2D eigenvalue weighted by Crippen LogP contribution is -2.14. The highest BCUT2D eigenvalue weighted by Gasteiger charge is 2.07. The van der Waals surface area contributed by atoms with E-state index >= 15 is 0 Å². The number of hydrazone groups is 1. The van der Waals surface area contributed by atoms with Crippen LogP contribution in [0.2, 0.25) is 0 Å². The second kappa shape index (κ2) is 10.0. The average Bonchev–Trinajstić information content (AvgIpc) is 3.18. The Morgan fingerprint density at radius 2 is 1.43 bits per heavy atom. The summed E-state index contributed by atoms with van der Waals surface area (Å²) in [5.41, 5.74) is 4.56. The molecule has 0 saturated heterocycles. The molecule has 4 aromatic rings. The number of thioether (sulfide) groups is 2. The van der Waals surface area contributed by atoms with E-state index in [0.29, 0.717) is 0 Å². The summed E-state index contributed by atoms with van der Waals surface area (Å²) in [5, 5.41) is 5.18. The lowest BCUT2D eigenvalue weighted by Gasteiger charge is -2.07. The van der Waals surface area contributed by atoms with Crippen LogP contribution in [0.15, 0.2) is 116 Å². The van der Waals surface area contributed by atoms with Gasteiger partial charge in [-0.25, -0.2) is 5.43 Å². The van der Waals surface area contributed by atoms with E-state index < -0.39 is 0 Å². The third kappa shape index (κ3) is 5.43. The molecule has 0 aliphatic heterocycles. The topological polar surface area (TPSA) is 57.2 Å². The molecule has 30 heavy (non-hydrogen) atoms. The molecule has 4 nitrogen and oxygen atoms in total. The highest BCUT2D eigenvalue weighted by molar-refractivity contribution is 8.22. The summed E-state index contributed by atoms with van der Waals surface area (Å²) >= 11 is 3.10. The minimum atomic E-state index is -0.270. The third-order valence-electron chi connectivity index (χ3n) is 4.17. The standard InChI is InChI=1S/C24H19N3OS2/c28-23(27-26-17-18-16-25-22-14-8-7-13-21(18)22)15-24(29-19-9-3-1-4-10-19)30-20-11-5-2-6-12-20/h1-17,25H,(H,27,28)/b26-17-. The van der Waals surface area contributed by atoms with Crippen LogP contribution in [0, 0.1) is 0 Å². The molecular formula is C24H19N3OS2. The highest BCUT2D eigenvalue weighted by Crippen LogP contribution is 2.38. The number of rotatable bonds is 7. The lowest BCUT2D eigenvalue weighted by atomic mass is 10.2. The van der Waals surface area contributed by atoms with Crippen molar-refractivity contribution in [3.63, 3.8) is 0 Å². The summed E-state index contributed by atoms with van der Waals surface area (Å²) in [6, 6.07) is 28.0. The Labute approximate surface area is 183 Å². The zero-order valence-electron chi connectivity index (χ0n) is 16.0. The van der Waals surface area contributed by atoms with Crippen molar-refractivity contribution in [2.24, 2.45) is 5.10 Å². The Balaban J connectivity index is 1.47. The first-order valence-electron chi connectivity index (χ1n) is 9.34. The first-order chi connectivity index (χ1) is 14.8. The molecule has 1 amide bonds. The molecule has 2 N–H and O–H groups in total. The number of hydrogen-bond acceptors (Lipinski definition) is 4. The quantitative estimate of drug-likeness (QED) is 0.163. The maximum absolute atomic E-state index is 12.5. The number of carbonyl (C=O) groups is 1. The van der Waals surface area contributed by atoms with Gasteiger partial charge in [-0.1, -0.05) is 78.1 Å². The molecule has 0 radical (unpaired) electrons. The Hall–Kier alpha value is -3.22. The number of carbonyl (C=O) groups excluding carboxylic acids is 1. The number of benzene rings is 3. The van der Waals surface area contributed by atoms with Gasteiger partial charge in [-0.15, -0.1) is 0 Å². The molecule has 148 valence electrons. The molecule has 6 heteroatoms. The lowest BCUT2D eigenvalue weighted by molar-refractivity contribution is -0.116. The molecule has 4 rings (SSSR count). The molecule has 0 unspecified atom stereocenters. The van der Waals surface area contributed by atoms with Crippen molar-refractivity contribution in [1.82, 2.24) is 10.4 Å². The zero-order valence-corrected chi connectivity index (χ0v) is 17.6. The fraction of sp³-hybridized carbons (Fsp3) is 0. The minimum absolute atomic E-state index is 0.270. The molecule has 0 bridgehead atoms. The minimum Gasteiger partial charge on any atom is -0.361 e. The van der Waals surface area contributed by atoms with Gasteiger partial charge < -0.3 is 4.98 Å². The highest BCUT2D eigenvalue weighted by atomic mass is 32.2. The summed E-state index contributed by atoms with van der Waals surface area (Å²) < 4.78 is 0.868. The average molecular weight is 430 g/mol. The molecule has 0 aliphatic carbocycles. The molecular weight excluding hydrogens is 410 g/mol. The first-order valence-corrected chi connectivity index (χ1v) is 11.0. The largest absolute Gasteiger partial charge is 0.361 e. The smallest absolute Gasteiger partial charge is 0.265 e. The maximum Gasteiger partial charge on any atom is 0.265 e. The van der Waals surface area contributed by atoms with E-state index in [1.165, 1.54) is 0 Å². The number of amides is 1. The first kappa shape index (κ1) is 20.1. The molecule has 1 heterocycles. The SMILES string of the molecule is O=C(C=C(Sc1ccccc1)Sc1ccccc1)N/N=C\c1c[nH]c2ccccc12. The van der Waals surface area contributed by atoms with Crippen molar-refractivity contribution in [2.75, 3.05) is 0 Å². The third-order valence-corrected chi connectivity index (χ3v) is 6.33. The van der Waals surface area contributed by atoms with E-state index in [1.807, 2.05) is 91.1 Å². The number of aromatic nitrogens is 1. The van der Waals surface area contributed by atoms with Crippen molar-refractivity contribution in [3.8, 4) is 0 Å². The summed E-state index contributed by atoms with van der Waals surface area (Å²) in [6.45, 7) is 0. The number of para-hydroxylation sites is 1. The summed E-state index contributed by atoms with van der Waals surface area (Å²) in [7, 11) is 0. The van der Waals surface area contributed by atoms with Gasteiger partial charge in [0.15, 0.2) is 0 Å². The van der Waals surface area contributed by atoms with Gasteiger partial charge in [-0.2, -0.15) is 5.10 Å². The van der Waals surface area contributed by atoms with Crippen molar-refractivity contribution in [3.05, 3.63) is 107 Å². The van der Waals surface area contributed by atoms with E-state index in [-0.39, 0.29) is 5.91 Å². The number of hydrogen-bond donors (Lipinski definition) is 2.